The number of hydrogen-bond donors (Lipinski definition) is 0. The highest BCUT2D eigenvalue weighted by Gasteiger charge is 2.35. The van der Waals surface area contributed by atoms with E-state index in [0.717, 1.165) is 39.6 Å². The lowest BCUT2D eigenvalue weighted by atomic mass is 9.82. The molecule has 0 fully saturated rings. The summed E-state index contributed by atoms with van der Waals surface area (Å²) in [5.41, 5.74) is 19.1. The first-order valence-corrected chi connectivity index (χ1v) is 21.4. The lowest BCUT2D eigenvalue weighted by Crippen LogP contribution is -2.16. The highest BCUT2D eigenvalue weighted by molar-refractivity contribution is 6.18. The van der Waals surface area contributed by atoms with Gasteiger partial charge in [-0.1, -0.05) is 129 Å². The van der Waals surface area contributed by atoms with Crippen LogP contribution in [0.25, 0.3) is 77.5 Å². The molecule has 0 unspecified atom stereocenters. The van der Waals surface area contributed by atoms with Gasteiger partial charge < -0.3 is 14.0 Å². The number of nitrogens with zero attached hydrogens (tertiary/aromatic N) is 4. The smallest absolute Gasteiger partial charge is 0.0788 e. The number of rotatable bonds is 7. The van der Waals surface area contributed by atoms with Gasteiger partial charge in [0.25, 0.3) is 0 Å². The largest absolute Gasteiger partial charge is 0.315 e. The van der Waals surface area contributed by atoms with E-state index in [9.17, 15) is 0 Å². The SMILES string of the molecule is CC1(C)c2ccccc2-c2ccc(N(c3ccc(-c4cccnc4)cc3)c3ccc(-c4ccc5c(c4)c4ccc6ccn(-c7ccccc7)c6c4n5-c4ccccc4)cc3)cc21. The van der Waals surface area contributed by atoms with Crippen LogP contribution in [-0.4, -0.2) is 14.1 Å². The first-order chi connectivity index (χ1) is 30.5. The van der Waals surface area contributed by atoms with Crippen molar-refractivity contribution in [2.24, 2.45) is 0 Å². The fourth-order valence-corrected chi connectivity index (χ4v) is 9.97. The number of para-hydroxylation sites is 2. The van der Waals surface area contributed by atoms with E-state index in [2.05, 4.69) is 233 Å². The molecule has 0 amide bonds. The first kappa shape index (κ1) is 35.9. The van der Waals surface area contributed by atoms with Gasteiger partial charge in [-0.3, -0.25) is 4.98 Å². The molecule has 8 aromatic carbocycles. The highest BCUT2D eigenvalue weighted by atomic mass is 15.1. The zero-order valence-electron chi connectivity index (χ0n) is 34.6. The Morgan fingerprint density at radius 1 is 0.452 bits per heavy atom. The van der Waals surface area contributed by atoms with Crippen LogP contribution in [-0.2, 0) is 5.41 Å². The number of fused-ring (bicyclic) bond motifs is 8. The van der Waals surface area contributed by atoms with Crippen molar-refractivity contribution < 1.29 is 0 Å². The number of hydrogen-bond acceptors (Lipinski definition) is 2. The molecular formula is C58H42N4. The van der Waals surface area contributed by atoms with E-state index in [1.807, 2.05) is 18.5 Å². The molecule has 0 bridgehead atoms. The van der Waals surface area contributed by atoms with Gasteiger partial charge in [-0.2, -0.15) is 0 Å². The van der Waals surface area contributed by atoms with Crippen LogP contribution < -0.4 is 4.90 Å². The molecule has 11 aromatic rings. The quantitative estimate of drug-likeness (QED) is 0.161. The van der Waals surface area contributed by atoms with Gasteiger partial charge in [0.1, 0.15) is 0 Å². The Kier molecular flexibility index (Phi) is 8.16. The van der Waals surface area contributed by atoms with E-state index < -0.39 is 0 Å². The van der Waals surface area contributed by atoms with Crippen molar-refractivity contribution in [3.63, 3.8) is 0 Å². The van der Waals surface area contributed by atoms with Gasteiger partial charge in [-0.25, -0.2) is 0 Å². The van der Waals surface area contributed by atoms with Crippen molar-refractivity contribution in [2.45, 2.75) is 19.3 Å². The molecule has 0 saturated carbocycles. The van der Waals surface area contributed by atoms with E-state index >= 15 is 0 Å². The molecule has 0 saturated heterocycles. The predicted octanol–water partition coefficient (Wildman–Crippen LogP) is 15.2. The highest BCUT2D eigenvalue weighted by Crippen LogP contribution is 2.51. The van der Waals surface area contributed by atoms with Crippen molar-refractivity contribution in [2.75, 3.05) is 4.90 Å². The average Bonchev–Trinajstić information content (AvgIpc) is 3.98. The molecule has 3 heterocycles. The average molecular weight is 795 g/mol. The molecule has 0 radical (unpaired) electrons. The van der Waals surface area contributed by atoms with Crippen LogP contribution in [0, 0.1) is 0 Å². The van der Waals surface area contributed by atoms with Gasteiger partial charge in [0.15, 0.2) is 0 Å². The summed E-state index contributed by atoms with van der Waals surface area (Å²) in [5, 5.41) is 3.67. The van der Waals surface area contributed by atoms with Crippen molar-refractivity contribution in [3.05, 3.63) is 230 Å². The third-order valence-corrected chi connectivity index (χ3v) is 13.0. The van der Waals surface area contributed by atoms with Crippen LogP contribution >= 0.6 is 0 Å². The summed E-state index contributed by atoms with van der Waals surface area (Å²) in [4.78, 5) is 6.76. The van der Waals surface area contributed by atoms with Crippen molar-refractivity contribution in [3.8, 4) is 44.8 Å². The zero-order valence-corrected chi connectivity index (χ0v) is 34.6. The van der Waals surface area contributed by atoms with Crippen LogP contribution in [0.1, 0.15) is 25.0 Å². The van der Waals surface area contributed by atoms with Gasteiger partial charge in [0, 0.05) is 68.6 Å². The normalized spacial score (nSPS) is 12.8. The number of pyridine rings is 1. The molecule has 4 nitrogen and oxygen atoms in total. The second-order valence-corrected chi connectivity index (χ2v) is 16.9. The first-order valence-electron chi connectivity index (χ1n) is 21.4. The zero-order chi connectivity index (χ0) is 41.4. The maximum Gasteiger partial charge on any atom is 0.0788 e. The molecule has 12 rings (SSSR count). The molecule has 0 spiro atoms. The summed E-state index contributed by atoms with van der Waals surface area (Å²) in [6.45, 7) is 4.70. The van der Waals surface area contributed by atoms with Gasteiger partial charge >= 0.3 is 0 Å². The van der Waals surface area contributed by atoms with Crippen LogP contribution in [0.2, 0.25) is 0 Å². The number of benzene rings is 8. The third-order valence-electron chi connectivity index (χ3n) is 13.0. The Labute approximate surface area is 361 Å². The van der Waals surface area contributed by atoms with Gasteiger partial charge in [0.2, 0.25) is 0 Å². The minimum Gasteiger partial charge on any atom is -0.315 e. The molecule has 1 aliphatic carbocycles. The van der Waals surface area contributed by atoms with Gasteiger partial charge in [-0.15, -0.1) is 0 Å². The number of aromatic nitrogens is 3. The summed E-state index contributed by atoms with van der Waals surface area (Å²) >= 11 is 0. The molecule has 62 heavy (non-hydrogen) atoms. The third kappa shape index (κ3) is 5.64. The molecule has 4 heteroatoms. The monoisotopic (exact) mass is 794 g/mol. The summed E-state index contributed by atoms with van der Waals surface area (Å²) in [6, 6.07) is 73.0. The predicted molar refractivity (Wildman–Crippen MR) is 259 cm³/mol. The summed E-state index contributed by atoms with van der Waals surface area (Å²) in [7, 11) is 0. The Morgan fingerprint density at radius 3 is 1.82 bits per heavy atom. The second-order valence-electron chi connectivity index (χ2n) is 16.9. The molecule has 0 aliphatic heterocycles. The molecule has 3 aromatic heterocycles. The lowest BCUT2D eigenvalue weighted by molar-refractivity contribution is 0.660. The Bertz CT molecular complexity index is 3450. The van der Waals surface area contributed by atoms with Crippen LogP contribution in [0.4, 0.5) is 17.1 Å². The molecular weight excluding hydrogens is 753 g/mol. The lowest BCUT2D eigenvalue weighted by Gasteiger charge is -2.28. The van der Waals surface area contributed by atoms with E-state index in [1.54, 1.807) is 0 Å². The maximum atomic E-state index is 4.37. The van der Waals surface area contributed by atoms with Crippen molar-refractivity contribution >= 4 is 49.8 Å². The molecule has 0 N–H and O–H groups in total. The van der Waals surface area contributed by atoms with Crippen LogP contribution in [0.3, 0.4) is 0 Å². The van der Waals surface area contributed by atoms with E-state index in [0.29, 0.717) is 0 Å². The van der Waals surface area contributed by atoms with Crippen LogP contribution in [0.5, 0.6) is 0 Å². The van der Waals surface area contributed by atoms with E-state index in [1.165, 1.54) is 66.1 Å². The molecule has 0 atom stereocenters. The standard InChI is InChI=1S/C58H42N4/c1-58(2)53-18-10-9-17-49(53)50-31-29-48(37-54(50)58)61(47-27-21-40(22-28-47)43-12-11-34-59-38-43)46-25-19-39(20-26-46)42-24-32-55-52(36-42)51-30-23-41-33-35-60(44-13-5-3-6-14-44)56(41)57(51)62(55)45-15-7-4-8-16-45/h3-38H,1-2H3. The van der Waals surface area contributed by atoms with Gasteiger partial charge in [-0.05, 0) is 129 Å². The Hall–Kier alpha value is -7.95. The second kappa shape index (κ2) is 14.1. The summed E-state index contributed by atoms with van der Waals surface area (Å²) in [6.07, 6.45) is 5.94. The van der Waals surface area contributed by atoms with E-state index in [4.69, 9.17) is 0 Å². The van der Waals surface area contributed by atoms with Crippen LogP contribution in [0.15, 0.2) is 219 Å². The fraction of sp³-hybridized carbons (Fsp3) is 0.0517. The topological polar surface area (TPSA) is 26.0 Å². The van der Waals surface area contributed by atoms with Crippen molar-refractivity contribution in [1.82, 2.24) is 14.1 Å². The maximum absolute atomic E-state index is 4.37. The number of anilines is 3. The summed E-state index contributed by atoms with van der Waals surface area (Å²) < 4.78 is 4.77. The Balaban J connectivity index is 0.984. The van der Waals surface area contributed by atoms with E-state index in [-0.39, 0.29) is 5.41 Å². The summed E-state index contributed by atoms with van der Waals surface area (Å²) in [5.74, 6) is 0. The minimum atomic E-state index is -0.111. The molecule has 1 aliphatic rings. The minimum absolute atomic E-state index is 0.111. The van der Waals surface area contributed by atoms with Gasteiger partial charge in [0.05, 0.1) is 16.6 Å². The van der Waals surface area contributed by atoms with Crippen molar-refractivity contribution in [1.29, 1.82) is 0 Å². The Morgan fingerprint density at radius 2 is 1.10 bits per heavy atom. The fourth-order valence-electron chi connectivity index (χ4n) is 9.97. The molecule has 294 valence electrons.